The third-order valence-electron chi connectivity index (χ3n) is 7.36. The molecule has 13 heteroatoms. The maximum Gasteiger partial charge on any atom is 0.493 e. The zero-order chi connectivity index (χ0) is 32.4. The number of hydrogen-bond acceptors (Lipinski definition) is 7. The average molecular weight is 641 g/mol. The number of aliphatic hydroxyl groups excluding tert-OH is 1. The zero-order valence-electron chi connectivity index (χ0n) is 24.4. The van der Waals surface area contributed by atoms with E-state index in [1.807, 2.05) is 44.2 Å². The lowest BCUT2D eigenvalue weighted by Gasteiger charge is -2.28. The van der Waals surface area contributed by atoms with Crippen molar-refractivity contribution in [3.05, 3.63) is 103 Å². The summed E-state index contributed by atoms with van der Waals surface area (Å²) in [6.07, 6.45) is -4.17. The fourth-order valence-electron chi connectivity index (χ4n) is 4.80. The molecule has 0 spiro atoms. The number of anilines is 1. The number of halogens is 3. The topological polar surface area (TPSA) is 114 Å². The molecule has 0 saturated heterocycles. The number of aryl methyl sites for hydroxylation is 1. The van der Waals surface area contributed by atoms with Gasteiger partial charge in [-0.05, 0) is 73.0 Å². The summed E-state index contributed by atoms with van der Waals surface area (Å²) in [5.74, 6) is -2.71. The maximum absolute atomic E-state index is 13.2. The maximum atomic E-state index is 13.2. The molecule has 0 radical (unpaired) electrons. The number of aromatic nitrogens is 2. The van der Waals surface area contributed by atoms with Crippen LogP contribution in [0.1, 0.15) is 31.9 Å². The van der Waals surface area contributed by atoms with E-state index >= 15 is 0 Å². The Morgan fingerprint density at radius 2 is 1.64 bits per heavy atom. The first-order valence-electron chi connectivity index (χ1n) is 14.0. The van der Waals surface area contributed by atoms with Crippen LogP contribution in [-0.2, 0) is 26.2 Å². The first-order valence-corrected chi connectivity index (χ1v) is 15.4. The molecule has 1 heterocycles. The van der Waals surface area contributed by atoms with Crippen molar-refractivity contribution >= 4 is 43.5 Å². The Bertz CT molecular complexity index is 1930. The van der Waals surface area contributed by atoms with E-state index in [-0.39, 0.29) is 16.6 Å². The highest BCUT2D eigenvalue weighted by atomic mass is 32.2. The van der Waals surface area contributed by atoms with Crippen molar-refractivity contribution in [2.75, 3.05) is 11.0 Å². The van der Waals surface area contributed by atoms with Crippen molar-refractivity contribution in [2.45, 2.75) is 49.5 Å². The van der Waals surface area contributed by atoms with Crippen LogP contribution in [0.4, 0.5) is 18.9 Å². The first-order chi connectivity index (χ1) is 21.2. The Labute approximate surface area is 257 Å². The molecule has 1 unspecified atom stereocenters. The van der Waals surface area contributed by atoms with Crippen LogP contribution < -0.4 is 9.79 Å². The van der Waals surface area contributed by atoms with Crippen molar-refractivity contribution in [3.63, 3.8) is 0 Å². The predicted octanol–water partition coefficient (Wildman–Crippen LogP) is 5.90. The zero-order valence-corrected chi connectivity index (χ0v) is 25.2. The van der Waals surface area contributed by atoms with Gasteiger partial charge in [-0.15, -0.1) is 0 Å². The van der Waals surface area contributed by atoms with Gasteiger partial charge in [0.1, 0.15) is 0 Å². The van der Waals surface area contributed by atoms with Crippen LogP contribution in [-0.4, -0.2) is 47.3 Å². The van der Waals surface area contributed by atoms with Crippen LogP contribution in [0.3, 0.4) is 0 Å². The van der Waals surface area contributed by atoms with E-state index in [4.69, 9.17) is 0 Å². The molecule has 0 aliphatic heterocycles. The molecule has 5 aromatic rings. The minimum atomic E-state index is -5.45. The number of sulfonamides is 1. The SMILES string of the molecule is CC(C)(CCn1cnc2cc3ccccc3cc21)NCC(O)c1cccc(N(OC(=O)C(F)(F)F)S(=O)(=O)c2ccccc2)c1. The molecule has 1 atom stereocenters. The third kappa shape index (κ3) is 7.27. The van der Waals surface area contributed by atoms with Crippen LogP contribution >= 0.6 is 0 Å². The molecule has 236 valence electrons. The summed E-state index contributed by atoms with van der Waals surface area (Å²) in [7, 11) is -4.76. The van der Waals surface area contributed by atoms with E-state index < -0.39 is 44.4 Å². The van der Waals surface area contributed by atoms with Crippen LogP contribution in [0.25, 0.3) is 21.8 Å². The van der Waals surface area contributed by atoms with Crippen LogP contribution in [0.5, 0.6) is 0 Å². The molecule has 0 saturated carbocycles. The molecule has 0 aliphatic carbocycles. The summed E-state index contributed by atoms with van der Waals surface area (Å²) in [6, 6.07) is 23.9. The summed E-state index contributed by atoms with van der Waals surface area (Å²) in [6.45, 7) is 4.61. The molecule has 5 rings (SSSR count). The van der Waals surface area contributed by atoms with Crippen molar-refractivity contribution in [3.8, 4) is 0 Å². The molecule has 0 fully saturated rings. The van der Waals surface area contributed by atoms with Crippen molar-refractivity contribution in [2.24, 2.45) is 0 Å². The van der Waals surface area contributed by atoms with E-state index in [9.17, 15) is 31.5 Å². The van der Waals surface area contributed by atoms with Crippen LogP contribution in [0.2, 0.25) is 0 Å². The number of carbonyl (C=O) groups is 1. The summed E-state index contributed by atoms with van der Waals surface area (Å²) >= 11 is 0. The van der Waals surface area contributed by atoms with Gasteiger partial charge in [0, 0.05) is 18.6 Å². The van der Waals surface area contributed by atoms with Crippen molar-refractivity contribution in [1.82, 2.24) is 14.9 Å². The number of aliphatic hydroxyl groups is 1. The average Bonchev–Trinajstić information content (AvgIpc) is 3.41. The van der Waals surface area contributed by atoms with Gasteiger partial charge >= 0.3 is 12.1 Å². The standard InChI is InChI=1S/C32H31F3N4O5S/c1-31(2,15-16-38-21-36-27-18-22-9-6-7-10-23(22)19-28(27)38)37-20-29(40)24-11-8-12-25(17-24)39(44-30(41)32(33,34)35)45(42,43)26-13-4-3-5-14-26/h3-14,17-19,21,29,37,40H,15-16,20H2,1-2H3. The molecule has 0 aliphatic rings. The fraction of sp³-hybridized carbons (Fsp3) is 0.250. The highest BCUT2D eigenvalue weighted by Gasteiger charge is 2.45. The van der Waals surface area contributed by atoms with Gasteiger partial charge in [0.05, 0.1) is 34.0 Å². The van der Waals surface area contributed by atoms with E-state index in [1.165, 1.54) is 30.3 Å². The van der Waals surface area contributed by atoms with Gasteiger partial charge in [-0.3, -0.25) is 0 Å². The molecule has 4 aromatic carbocycles. The van der Waals surface area contributed by atoms with Crippen molar-refractivity contribution < 1.29 is 36.3 Å². The van der Waals surface area contributed by atoms with E-state index in [1.54, 1.807) is 6.33 Å². The summed E-state index contributed by atoms with van der Waals surface area (Å²) in [4.78, 5) is 20.2. The van der Waals surface area contributed by atoms with Gasteiger partial charge in [-0.1, -0.05) is 59.1 Å². The second-order valence-electron chi connectivity index (χ2n) is 11.2. The lowest BCUT2D eigenvalue weighted by Crippen LogP contribution is -2.42. The Hall–Kier alpha value is -4.46. The number of hydrogen-bond donors (Lipinski definition) is 2. The van der Waals surface area contributed by atoms with Gasteiger partial charge in [-0.25, -0.2) is 9.78 Å². The monoisotopic (exact) mass is 640 g/mol. The quantitative estimate of drug-likeness (QED) is 0.173. The summed E-state index contributed by atoms with van der Waals surface area (Å²) in [5, 5.41) is 16.5. The molecular formula is C32H31F3N4O5S. The second-order valence-corrected chi connectivity index (χ2v) is 12.9. The molecule has 9 nitrogen and oxygen atoms in total. The molecule has 45 heavy (non-hydrogen) atoms. The number of nitrogens with one attached hydrogen (secondary N) is 1. The summed E-state index contributed by atoms with van der Waals surface area (Å²) in [5.41, 5.74) is 1.23. The van der Waals surface area contributed by atoms with Gasteiger partial charge in [-0.2, -0.15) is 21.6 Å². The smallest absolute Gasteiger partial charge is 0.387 e. The fourth-order valence-corrected chi connectivity index (χ4v) is 6.05. The van der Waals surface area contributed by atoms with Gasteiger partial charge < -0.3 is 19.8 Å². The number of β-amino-alcohol motifs (C(OH)–C–C–N with tert-alkyl or cyclic N) is 1. The molecular weight excluding hydrogens is 609 g/mol. The number of imidazole rings is 1. The third-order valence-corrected chi connectivity index (χ3v) is 8.95. The van der Waals surface area contributed by atoms with E-state index in [0.29, 0.717) is 13.0 Å². The Morgan fingerprint density at radius 3 is 2.33 bits per heavy atom. The number of benzene rings is 4. The van der Waals surface area contributed by atoms with Crippen LogP contribution in [0, 0.1) is 0 Å². The highest BCUT2D eigenvalue weighted by molar-refractivity contribution is 7.92. The van der Waals surface area contributed by atoms with Gasteiger partial charge in [0.15, 0.2) is 0 Å². The van der Waals surface area contributed by atoms with Crippen molar-refractivity contribution in [1.29, 1.82) is 0 Å². The minimum Gasteiger partial charge on any atom is -0.387 e. The number of fused-ring (bicyclic) bond motifs is 2. The lowest BCUT2D eigenvalue weighted by atomic mass is 9.99. The van der Waals surface area contributed by atoms with Gasteiger partial charge in [0.25, 0.3) is 10.0 Å². The normalized spacial score (nSPS) is 13.2. The molecule has 0 amide bonds. The largest absolute Gasteiger partial charge is 0.493 e. The number of carbonyl (C=O) groups excluding carboxylic acids is 1. The van der Waals surface area contributed by atoms with Crippen LogP contribution in [0.15, 0.2) is 102 Å². The van der Waals surface area contributed by atoms with E-state index in [2.05, 4.69) is 25.8 Å². The summed E-state index contributed by atoms with van der Waals surface area (Å²) < 4.78 is 67.7. The number of nitrogens with zero attached hydrogens (tertiary/aromatic N) is 3. The lowest BCUT2D eigenvalue weighted by molar-refractivity contribution is -0.199. The Morgan fingerprint density at radius 1 is 0.978 bits per heavy atom. The van der Waals surface area contributed by atoms with Gasteiger partial charge in [0.2, 0.25) is 0 Å². The number of alkyl halides is 3. The number of rotatable bonds is 11. The predicted molar refractivity (Wildman–Crippen MR) is 164 cm³/mol. The minimum absolute atomic E-state index is 0.0412. The first kappa shape index (κ1) is 31.9. The Balaban J connectivity index is 1.29. The van der Waals surface area contributed by atoms with E-state index in [0.717, 1.165) is 46.1 Å². The molecule has 2 N–H and O–H groups in total. The second kappa shape index (κ2) is 12.5. The molecule has 1 aromatic heterocycles. The molecule has 0 bridgehead atoms. The Kier molecular flexibility index (Phi) is 8.88. The highest BCUT2D eigenvalue weighted by Crippen LogP contribution is 2.30.